The normalized spacial score (nSPS) is 16.6. The summed E-state index contributed by atoms with van der Waals surface area (Å²) < 4.78 is 26.1. The van der Waals surface area contributed by atoms with Crippen molar-refractivity contribution in [3.05, 3.63) is 29.3 Å². The van der Waals surface area contributed by atoms with Crippen LogP contribution in [-0.4, -0.2) is 20.5 Å². The van der Waals surface area contributed by atoms with E-state index < -0.39 is 16.1 Å². The molecular weight excluding hydrogens is 300 g/mol. The van der Waals surface area contributed by atoms with Crippen molar-refractivity contribution in [2.75, 3.05) is 0 Å². The van der Waals surface area contributed by atoms with Gasteiger partial charge in [0.25, 0.3) is 10.0 Å². The van der Waals surface area contributed by atoms with E-state index in [0.29, 0.717) is 0 Å². The smallest absolute Gasteiger partial charge is 0.328 e. The molecule has 1 aromatic carbocycles. The van der Waals surface area contributed by atoms with Crippen LogP contribution >= 0.6 is 11.6 Å². The molecule has 2 amide bonds. The van der Waals surface area contributed by atoms with E-state index in [1.807, 2.05) is 4.72 Å². The first-order valence-electron chi connectivity index (χ1n) is 6.57. The predicted molar refractivity (Wildman–Crippen MR) is 77.2 cm³/mol. The van der Waals surface area contributed by atoms with Gasteiger partial charge < -0.3 is 5.32 Å². The van der Waals surface area contributed by atoms with Crippen LogP contribution in [0.15, 0.2) is 29.2 Å². The van der Waals surface area contributed by atoms with Crippen molar-refractivity contribution in [2.45, 2.75) is 43.0 Å². The van der Waals surface area contributed by atoms with Crippen molar-refractivity contribution in [1.29, 1.82) is 0 Å². The van der Waals surface area contributed by atoms with Crippen LogP contribution in [0.4, 0.5) is 4.79 Å². The Morgan fingerprint density at radius 1 is 1.15 bits per heavy atom. The fourth-order valence-corrected chi connectivity index (χ4v) is 3.74. The van der Waals surface area contributed by atoms with Gasteiger partial charge in [0.1, 0.15) is 4.90 Å². The van der Waals surface area contributed by atoms with E-state index in [4.69, 9.17) is 11.6 Å². The largest absolute Gasteiger partial charge is 0.335 e. The zero-order chi connectivity index (χ0) is 14.6. The zero-order valence-corrected chi connectivity index (χ0v) is 12.5. The molecule has 2 N–H and O–H groups in total. The molecule has 20 heavy (non-hydrogen) atoms. The standard InChI is InChI=1S/C13H17ClN2O3S/c14-11-8-4-5-9-12(11)20(18,19)16-13(17)15-10-6-2-1-3-7-10/h4-5,8-10H,1-3,6-7H2,(H2,15,16,17). The summed E-state index contributed by atoms with van der Waals surface area (Å²) in [5.41, 5.74) is 0. The maximum Gasteiger partial charge on any atom is 0.328 e. The molecule has 1 saturated carbocycles. The highest BCUT2D eigenvalue weighted by Crippen LogP contribution is 2.20. The SMILES string of the molecule is O=C(NC1CCCCC1)NS(=O)(=O)c1ccccc1Cl. The van der Waals surface area contributed by atoms with Crippen molar-refractivity contribution in [2.24, 2.45) is 0 Å². The van der Waals surface area contributed by atoms with E-state index in [-0.39, 0.29) is 16.0 Å². The van der Waals surface area contributed by atoms with Crippen LogP contribution in [0, 0.1) is 0 Å². The van der Waals surface area contributed by atoms with Crippen LogP contribution in [0.2, 0.25) is 5.02 Å². The molecule has 1 aliphatic carbocycles. The van der Waals surface area contributed by atoms with Gasteiger partial charge in [0.2, 0.25) is 0 Å². The van der Waals surface area contributed by atoms with Gasteiger partial charge in [0, 0.05) is 6.04 Å². The summed E-state index contributed by atoms with van der Waals surface area (Å²) in [6, 6.07) is 5.36. The van der Waals surface area contributed by atoms with Crippen molar-refractivity contribution < 1.29 is 13.2 Å². The summed E-state index contributed by atoms with van der Waals surface area (Å²) in [5.74, 6) is 0. The molecule has 1 aliphatic rings. The van der Waals surface area contributed by atoms with Crippen molar-refractivity contribution >= 4 is 27.7 Å². The van der Waals surface area contributed by atoms with E-state index in [2.05, 4.69) is 5.32 Å². The van der Waals surface area contributed by atoms with Gasteiger partial charge in [-0.25, -0.2) is 17.9 Å². The molecule has 110 valence electrons. The first-order chi connectivity index (χ1) is 9.49. The molecule has 2 rings (SSSR count). The molecule has 7 heteroatoms. The monoisotopic (exact) mass is 316 g/mol. The number of carbonyl (C=O) groups is 1. The molecule has 0 atom stereocenters. The summed E-state index contributed by atoms with van der Waals surface area (Å²) in [6.07, 6.45) is 5.06. The summed E-state index contributed by atoms with van der Waals surface area (Å²) in [5, 5.41) is 2.78. The number of nitrogens with one attached hydrogen (secondary N) is 2. The molecule has 5 nitrogen and oxygen atoms in total. The molecule has 0 radical (unpaired) electrons. The van der Waals surface area contributed by atoms with Gasteiger partial charge in [-0.05, 0) is 25.0 Å². The average molecular weight is 317 g/mol. The lowest BCUT2D eigenvalue weighted by molar-refractivity contribution is 0.237. The molecule has 0 heterocycles. The number of carbonyl (C=O) groups excluding carboxylic acids is 1. The summed E-state index contributed by atoms with van der Waals surface area (Å²) in [7, 11) is -3.93. The molecule has 0 aromatic heterocycles. The molecule has 0 spiro atoms. The summed E-state index contributed by atoms with van der Waals surface area (Å²) in [4.78, 5) is 11.7. The Labute approximate surface area is 123 Å². The number of sulfonamides is 1. The second kappa shape index (κ2) is 6.45. The van der Waals surface area contributed by atoms with Crippen LogP contribution in [0.1, 0.15) is 32.1 Å². The van der Waals surface area contributed by atoms with Gasteiger partial charge in [0.05, 0.1) is 5.02 Å². The number of hydrogen-bond acceptors (Lipinski definition) is 3. The summed E-state index contributed by atoms with van der Waals surface area (Å²) >= 11 is 5.83. The maximum atomic E-state index is 12.0. The van der Waals surface area contributed by atoms with Crippen molar-refractivity contribution in [3.8, 4) is 0 Å². The second-order valence-corrected chi connectivity index (χ2v) is 6.90. The van der Waals surface area contributed by atoms with Crippen LogP contribution in [0.5, 0.6) is 0 Å². The van der Waals surface area contributed by atoms with E-state index in [1.54, 1.807) is 12.1 Å². The Hall–Kier alpha value is -1.27. The van der Waals surface area contributed by atoms with Crippen molar-refractivity contribution in [1.82, 2.24) is 10.0 Å². The lowest BCUT2D eigenvalue weighted by atomic mass is 9.96. The third-order valence-corrected chi connectivity index (χ3v) is 5.12. The van der Waals surface area contributed by atoms with Crippen LogP contribution in [0.25, 0.3) is 0 Å². The number of halogens is 1. The number of amides is 2. The average Bonchev–Trinajstić information content (AvgIpc) is 2.39. The van der Waals surface area contributed by atoms with Gasteiger partial charge in [-0.2, -0.15) is 0 Å². The molecule has 1 fully saturated rings. The van der Waals surface area contributed by atoms with Gasteiger partial charge in [-0.15, -0.1) is 0 Å². The Bertz CT molecular complexity index is 583. The predicted octanol–water partition coefficient (Wildman–Crippen LogP) is 2.66. The van der Waals surface area contributed by atoms with Gasteiger partial charge in [-0.3, -0.25) is 0 Å². The molecule has 0 saturated heterocycles. The van der Waals surface area contributed by atoms with Gasteiger partial charge in [0.15, 0.2) is 0 Å². The molecule has 0 unspecified atom stereocenters. The van der Waals surface area contributed by atoms with E-state index >= 15 is 0 Å². The van der Waals surface area contributed by atoms with Crippen molar-refractivity contribution in [3.63, 3.8) is 0 Å². The minimum Gasteiger partial charge on any atom is -0.335 e. The second-order valence-electron chi connectivity index (χ2n) is 4.84. The van der Waals surface area contributed by atoms with E-state index in [0.717, 1.165) is 32.1 Å². The lowest BCUT2D eigenvalue weighted by Gasteiger charge is -2.22. The number of hydrogen-bond donors (Lipinski definition) is 2. The third-order valence-electron chi connectivity index (χ3n) is 3.29. The Balaban J connectivity index is 2.01. The molecule has 1 aromatic rings. The fourth-order valence-electron chi connectivity index (χ4n) is 2.30. The highest BCUT2D eigenvalue weighted by atomic mass is 35.5. The number of benzene rings is 1. The first kappa shape index (κ1) is 15.1. The van der Waals surface area contributed by atoms with Crippen LogP contribution in [0.3, 0.4) is 0 Å². The van der Waals surface area contributed by atoms with E-state index in [1.165, 1.54) is 12.1 Å². The Morgan fingerprint density at radius 3 is 2.45 bits per heavy atom. The Kier molecular flexibility index (Phi) is 4.88. The minimum absolute atomic E-state index is 0.0465. The number of urea groups is 1. The number of rotatable bonds is 3. The topological polar surface area (TPSA) is 75.3 Å². The zero-order valence-electron chi connectivity index (χ0n) is 10.9. The summed E-state index contributed by atoms with van der Waals surface area (Å²) in [6.45, 7) is 0. The third kappa shape index (κ3) is 3.86. The fraction of sp³-hybridized carbons (Fsp3) is 0.462. The lowest BCUT2D eigenvalue weighted by Crippen LogP contribution is -2.45. The molecule has 0 aliphatic heterocycles. The van der Waals surface area contributed by atoms with Gasteiger partial charge >= 0.3 is 6.03 Å². The Morgan fingerprint density at radius 2 is 1.80 bits per heavy atom. The quantitative estimate of drug-likeness (QED) is 0.900. The highest BCUT2D eigenvalue weighted by molar-refractivity contribution is 7.90. The first-order valence-corrected chi connectivity index (χ1v) is 8.43. The van der Waals surface area contributed by atoms with Crippen LogP contribution < -0.4 is 10.0 Å². The highest BCUT2D eigenvalue weighted by Gasteiger charge is 2.22. The van der Waals surface area contributed by atoms with Gasteiger partial charge in [-0.1, -0.05) is 43.0 Å². The van der Waals surface area contributed by atoms with E-state index in [9.17, 15) is 13.2 Å². The maximum absolute atomic E-state index is 12.0. The minimum atomic E-state index is -3.93. The molecule has 0 bridgehead atoms. The van der Waals surface area contributed by atoms with Crippen LogP contribution in [-0.2, 0) is 10.0 Å². The molecular formula is C13H17ClN2O3S.